The normalized spacial score (nSPS) is 10.6. The van der Waals surface area contributed by atoms with Crippen LogP contribution in [0.1, 0.15) is 23.4 Å². The molecule has 0 radical (unpaired) electrons. The Bertz CT molecular complexity index is 526. The maximum atomic E-state index is 11.8. The van der Waals surface area contributed by atoms with Crippen LogP contribution in [0.5, 0.6) is 0 Å². The van der Waals surface area contributed by atoms with Gasteiger partial charge in [0.1, 0.15) is 11.6 Å². The van der Waals surface area contributed by atoms with Crippen LogP contribution in [-0.4, -0.2) is 15.3 Å². The van der Waals surface area contributed by atoms with Gasteiger partial charge in [-0.25, -0.2) is 4.98 Å². The Morgan fingerprint density at radius 2 is 2.00 bits per heavy atom. The van der Waals surface area contributed by atoms with E-state index in [1.807, 2.05) is 17.8 Å². The van der Waals surface area contributed by atoms with Crippen LogP contribution < -0.4 is 0 Å². The highest BCUT2D eigenvalue weighted by Gasteiger charge is 2.07. The van der Waals surface area contributed by atoms with Crippen LogP contribution in [0.3, 0.4) is 0 Å². The van der Waals surface area contributed by atoms with Crippen LogP contribution >= 0.6 is 0 Å². The molecule has 1 aromatic carbocycles. The average Bonchev–Trinajstić information content (AvgIpc) is 2.74. The van der Waals surface area contributed by atoms with E-state index in [0.29, 0.717) is 12.8 Å². The third-order valence-electron chi connectivity index (χ3n) is 3.09. The summed E-state index contributed by atoms with van der Waals surface area (Å²) in [5.41, 5.74) is 2.46. The quantitative estimate of drug-likeness (QED) is 0.807. The number of nitrogens with zero attached hydrogens (tertiary/aromatic N) is 2. The molecule has 0 aliphatic heterocycles. The summed E-state index contributed by atoms with van der Waals surface area (Å²) in [6.45, 7) is 2.07. The van der Waals surface area contributed by atoms with Crippen molar-refractivity contribution in [2.75, 3.05) is 0 Å². The molecule has 0 unspecified atom stereocenters. The molecule has 0 amide bonds. The Morgan fingerprint density at radius 3 is 2.61 bits per heavy atom. The van der Waals surface area contributed by atoms with E-state index in [2.05, 4.69) is 36.2 Å². The van der Waals surface area contributed by atoms with E-state index in [0.717, 1.165) is 12.2 Å². The summed E-state index contributed by atoms with van der Waals surface area (Å²) in [7, 11) is 1.91. The molecule has 3 heteroatoms. The van der Waals surface area contributed by atoms with Crippen LogP contribution in [0.15, 0.2) is 36.7 Å². The lowest BCUT2D eigenvalue weighted by molar-refractivity contribution is -0.118. The Morgan fingerprint density at radius 1 is 1.28 bits per heavy atom. The molecular formula is C15H18N2O. The van der Waals surface area contributed by atoms with Gasteiger partial charge in [-0.2, -0.15) is 0 Å². The van der Waals surface area contributed by atoms with Crippen LogP contribution in [-0.2, 0) is 24.7 Å². The first kappa shape index (κ1) is 12.6. The van der Waals surface area contributed by atoms with Gasteiger partial charge in [-0.1, -0.05) is 29.8 Å². The van der Waals surface area contributed by atoms with Crippen LogP contribution in [0.2, 0.25) is 0 Å². The third-order valence-corrected chi connectivity index (χ3v) is 3.09. The Hall–Kier alpha value is -1.90. The van der Waals surface area contributed by atoms with Crippen molar-refractivity contribution in [3.63, 3.8) is 0 Å². The predicted octanol–water partition coefficient (Wildman–Crippen LogP) is 2.47. The lowest BCUT2D eigenvalue weighted by Crippen LogP contribution is -2.08. The fraction of sp³-hybridized carbons (Fsp3) is 0.333. The molecule has 0 N–H and O–H groups in total. The number of hydrogen-bond acceptors (Lipinski definition) is 2. The zero-order chi connectivity index (χ0) is 13.0. The Balaban J connectivity index is 1.85. The molecule has 0 saturated heterocycles. The average molecular weight is 242 g/mol. The summed E-state index contributed by atoms with van der Waals surface area (Å²) in [5.74, 6) is 1.08. The van der Waals surface area contributed by atoms with Crippen molar-refractivity contribution in [1.82, 2.24) is 9.55 Å². The van der Waals surface area contributed by atoms with Gasteiger partial charge in [-0.3, -0.25) is 4.79 Å². The van der Waals surface area contributed by atoms with Gasteiger partial charge in [0.15, 0.2) is 0 Å². The number of hydrogen-bond donors (Lipinski definition) is 0. The fourth-order valence-corrected chi connectivity index (χ4v) is 1.87. The van der Waals surface area contributed by atoms with E-state index in [4.69, 9.17) is 0 Å². The van der Waals surface area contributed by atoms with Gasteiger partial charge in [0.05, 0.1) is 6.42 Å². The Kier molecular flexibility index (Phi) is 3.92. The number of aryl methyl sites for hydroxylation is 3. The molecule has 0 saturated carbocycles. The van der Waals surface area contributed by atoms with Crippen LogP contribution in [0.4, 0.5) is 0 Å². The first-order valence-corrected chi connectivity index (χ1v) is 6.18. The number of aromatic nitrogens is 2. The van der Waals surface area contributed by atoms with Crippen molar-refractivity contribution in [3.8, 4) is 0 Å². The zero-order valence-corrected chi connectivity index (χ0v) is 10.9. The first-order valence-electron chi connectivity index (χ1n) is 6.18. The van der Waals surface area contributed by atoms with Crippen LogP contribution in [0, 0.1) is 6.92 Å². The number of imidazole rings is 1. The number of carbonyl (C=O) groups is 1. The summed E-state index contributed by atoms with van der Waals surface area (Å²) in [4.78, 5) is 16.0. The molecule has 1 aromatic heterocycles. The third kappa shape index (κ3) is 3.29. The summed E-state index contributed by atoms with van der Waals surface area (Å²) < 4.78 is 1.89. The van der Waals surface area contributed by atoms with Crippen LogP contribution in [0.25, 0.3) is 0 Å². The van der Waals surface area contributed by atoms with Crippen molar-refractivity contribution < 1.29 is 4.79 Å². The van der Waals surface area contributed by atoms with Crippen molar-refractivity contribution in [1.29, 1.82) is 0 Å². The van der Waals surface area contributed by atoms with Crippen molar-refractivity contribution >= 4 is 5.78 Å². The SMILES string of the molecule is Cc1ccc(CCC(=O)Cc2nccn2C)cc1. The molecule has 0 bridgehead atoms. The van der Waals surface area contributed by atoms with Gasteiger partial charge in [-0.05, 0) is 18.9 Å². The minimum absolute atomic E-state index is 0.241. The molecule has 0 spiro atoms. The maximum absolute atomic E-state index is 11.8. The van der Waals surface area contributed by atoms with Crippen molar-refractivity contribution in [3.05, 3.63) is 53.6 Å². The van der Waals surface area contributed by atoms with Gasteiger partial charge < -0.3 is 4.57 Å². The maximum Gasteiger partial charge on any atom is 0.140 e. The molecule has 0 aliphatic rings. The van der Waals surface area contributed by atoms with Gasteiger partial charge in [0.25, 0.3) is 0 Å². The molecule has 0 fully saturated rings. The van der Waals surface area contributed by atoms with E-state index >= 15 is 0 Å². The molecule has 2 aromatic rings. The number of rotatable bonds is 5. The number of ketones is 1. The topological polar surface area (TPSA) is 34.9 Å². The monoisotopic (exact) mass is 242 g/mol. The summed E-state index contributed by atoms with van der Waals surface area (Å²) in [5, 5.41) is 0. The fourth-order valence-electron chi connectivity index (χ4n) is 1.87. The summed E-state index contributed by atoms with van der Waals surface area (Å²) in [6, 6.07) is 8.34. The largest absolute Gasteiger partial charge is 0.338 e. The van der Waals surface area contributed by atoms with Gasteiger partial charge in [-0.15, -0.1) is 0 Å². The highest BCUT2D eigenvalue weighted by atomic mass is 16.1. The summed E-state index contributed by atoms with van der Waals surface area (Å²) in [6.07, 6.45) is 5.40. The standard InChI is InChI=1S/C15H18N2O/c1-12-3-5-13(6-4-12)7-8-14(18)11-15-16-9-10-17(15)2/h3-6,9-10H,7-8,11H2,1-2H3. The second-order valence-electron chi connectivity index (χ2n) is 4.66. The minimum atomic E-state index is 0.241. The van der Waals surface area contributed by atoms with Gasteiger partial charge in [0, 0.05) is 25.9 Å². The lowest BCUT2D eigenvalue weighted by atomic mass is 10.0. The second-order valence-corrected chi connectivity index (χ2v) is 4.66. The van der Waals surface area contributed by atoms with Crippen molar-refractivity contribution in [2.45, 2.75) is 26.2 Å². The summed E-state index contributed by atoms with van der Waals surface area (Å²) >= 11 is 0. The van der Waals surface area contributed by atoms with Gasteiger partial charge >= 0.3 is 0 Å². The molecule has 0 atom stereocenters. The lowest BCUT2D eigenvalue weighted by Gasteiger charge is -2.03. The molecule has 3 nitrogen and oxygen atoms in total. The van der Waals surface area contributed by atoms with E-state index < -0.39 is 0 Å². The molecule has 94 valence electrons. The zero-order valence-electron chi connectivity index (χ0n) is 10.9. The van der Waals surface area contributed by atoms with E-state index in [9.17, 15) is 4.79 Å². The smallest absolute Gasteiger partial charge is 0.140 e. The minimum Gasteiger partial charge on any atom is -0.338 e. The highest BCUT2D eigenvalue weighted by Crippen LogP contribution is 2.07. The second kappa shape index (κ2) is 5.63. The van der Waals surface area contributed by atoms with E-state index in [-0.39, 0.29) is 5.78 Å². The number of carbonyl (C=O) groups excluding carboxylic acids is 1. The predicted molar refractivity (Wildman–Crippen MR) is 71.4 cm³/mol. The Labute approximate surface area is 107 Å². The van der Waals surface area contributed by atoms with E-state index in [1.54, 1.807) is 6.20 Å². The van der Waals surface area contributed by atoms with E-state index in [1.165, 1.54) is 11.1 Å². The highest BCUT2D eigenvalue weighted by molar-refractivity contribution is 5.80. The molecule has 0 aliphatic carbocycles. The first-order chi connectivity index (χ1) is 8.65. The molecular weight excluding hydrogens is 224 g/mol. The molecule has 18 heavy (non-hydrogen) atoms. The van der Waals surface area contributed by atoms with Gasteiger partial charge in [0.2, 0.25) is 0 Å². The molecule has 1 heterocycles. The number of benzene rings is 1. The van der Waals surface area contributed by atoms with Crippen molar-refractivity contribution in [2.24, 2.45) is 7.05 Å². The number of Topliss-reactive ketones (excluding diaryl/α,β-unsaturated/α-hetero) is 1. The molecule has 2 rings (SSSR count).